The molecular weight excluding hydrogens is 412 g/mol. The number of benzene rings is 1. The van der Waals surface area contributed by atoms with Gasteiger partial charge in [0.05, 0.1) is 37.0 Å². The van der Waals surface area contributed by atoms with Crippen molar-refractivity contribution < 1.29 is 9.47 Å². The normalized spacial score (nSPS) is 12.0. The van der Waals surface area contributed by atoms with E-state index in [-0.39, 0.29) is 17.4 Å². The topological polar surface area (TPSA) is 133 Å². The van der Waals surface area contributed by atoms with Gasteiger partial charge in [-0.1, -0.05) is 11.6 Å². The van der Waals surface area contributed by atoms with Crippen LogP contribution in [-0.4, -0.2) is 49.4 Å². The van der Waals surface area contributed by atoms with E-state index in [1.165, 1.54) is 31.4 Å². The molecule has 11 nitrogen and oxygen atoms in total. The molecule has 3 aromatic heterocycles. The summed E-state index contributed by atoms with van der Waals surface area (Å²) >= 11 is 6.21. The van der Waals surface area contributed by atoms with Gasteiger partial charge in [0.15, 0.2) is 0 Å². The Bertz CT molecular complexity index is 1260. The van der Waals surface area contributed by atoms with E-state index in [9.17, 15) is 4.79 Å². The van der Waals surface area contributed by atoms with Crippen molar-refractivity contribution in [3.63, 3.8) is 0 Å². The van der Waals surface area contributed by atoms with Crippen molar-refractivity contribution >= 4 is 28.5 Å². The lowest BCUT2D eigenvalue weighted by atomic mass is 10.1. The zero-order chi connectivity index (χ0) is 21.3. The lowest BCUT2D eigenvalue weighted by Gasteiger charge is -2.15. The average molecular weight is 429 g/mol. The molecule has 0 aliphatic heterocycles. The summed E-state index contributed by atoms with van der Waals surface area (Å²) in [5.41, 5.74) is 1.36. The number of fused-ring (bicyclic) bond motifs is 1. The SMILES string of the molecule is COc1cc2[nH]c(=O)c([C@H](C)Nc3ncc(-n4cnnn4)c(OC)n3)cc2cc1Cl. The van der Waals surface area contributed by atoms with Gasteiger partial charge >= 0.3 is 0 Å². The van der Waals surface area contributed by atoms with E-state index >= 15 is 0 Å². The van der Waals surface area contributed by atoms with Crippen molar-refractivity contribution in [2.45, 2.75) is 13.0 Å². The van der Waals surface area contributed by atoms with Gasteiger partial charge in [0.2, 0.25) is 11.8 Å². The summed E-state index contributed by atoms with van der Waals surface area (Å²) < 4.78 is 11.9. The molecule has 4 rings (SSSR count). The highest BCUT2D eigenvalue weighted by Gasteiger charge is 2.16. The van der Waals surface area contributed by atoms with Gasteiger partial charge in [-0.25, -0.2) is 4.98 Å². The number of hydrogen-bond acceptors (Lipinski definition) is 9. The molecule has 0 aliphatic carbocycles. The summed E-state index contributed by atoms with van der Waals surface area (Å²) in [6.45, 7) is 1.83. The van der Waals surface area contributed by atoms with E-state index < -0.39 is 6.04 Å². The van der Waals surface area contributed by atoms with Gasteiger partial charge < -0.3 is 19.8 Å². The molecule has 0 radical (unpaired) electrons. The third-order valence-electron chi connectivity index (χ3n) is 4.48. The molecule has 0 saturated heterocycles. The molecule has 154 valence electrons. The molecule has 0 spiro atoms. The zero-order valence-corrected chi connectivity index (χ0v) is 17.0. The highest BCUT2D eigenvalue weighted by Crippen LogP contribution is 2.29. The quantitative estimate of drug-likeness (QED) is 0.473. The summed E-state index contributed by atoms with van der Waals surface area (Å²) in [5, 5.41) is 15.3. The number of tetrazole rings is 1. The molecule has 12 heteroatoms. The number of methoxy groups -OCH3 is 2. The number of pyridine rings is 1. The first kappa shape index (κ1) is 19.6. The first-order valence-corrected chi connectivity index (χ1v) is 9.19. The number of ether oxygens (including phenoxy) is 2. The van der Waals surface area contributed by atoms with E-state index in [1.54, 1.807) is 18.2 Å². The molecule has 2 N–H and O–H groups in total. The lowest BCUT2D eigenvalue weighted by molar-refractivity contribution is 0.394. The van der Waals surface area contributed by atoms with Crippen LogP contribution in [0.5, 0.6) is 11.6 Å². The van der Waals surface area contributed by atoms with Crippen LogP contribution in [0.3, 0.4) is 0 Å². The minimum atomic E-state index is -0.400. The standard InChI is InChI=1S/C18H17ClN8O3/c1-9(11-4-10-5-12(19)15(29-2)6-13(10)23-16(11)28)22-18-20-7-14(17(24-18)30-3)27-8-21-25-26-27/h4-9H,1-3H3,(H,23,28)(H,20,22,24)/t9-/m0/s1. The van der Waals surface area contributed by atoms with Gasteiger partial charge in [0.1, 0.15) is 17.8 Å². The Morgan fingerprint density at radius 2 is 2.07 bits per heavy atom. The van der Waals surface area contributed by atoms with Crippen LogP contribution in [-0.2, 0) is 0 Å². The molecule has 4 aromatic rings. The molecule has 0 aliphatic rings. The van der Waals surface area contributed by atoms with Crippen molar-refractivity contribution in [2.24, 2.45) is 0 Å². The predicted octanol–water partition coefficient (Wildman–Crippen LogP) is 2.14. The summed E-state index contributed by atoms with van der Waals surface area (Å²) in [7, 11) is 3.00. The number of H-pyrrole nitrogens is 1. The van der Waals surface area contributed by atoms with Crippen LogP contribution in [0.4, 0.5) is 5.95 Å². The van der Waals surface area contributed by atoms with Crippen LogP contribution in [0.2, 0.25) is 5.02 Å². The second-order valence-electron chi connectivity index (χ2n) is 6.34. The van der Waals surface area contributed by atoms with Crippen molar-refractivity contribution in [1.29, 1.82) is 0 Å². The third kappa shape index (κ3) is 3.62. The van der Waals surface area contributed by atoms with Gasteiger partial charge in [-0.2, -0.15) is 9.67 Å². The maximum atomic E-state index is 12.6. The number of anilines is 1. The largest absolute Gasteiger partial charge is 0.495 e. The summed E-state index contributed by atoms with van der Waals surface area (Å²) in [6.07, 6.45) is 2.93. The van der Waals surface area contributed by atoms with Crippen molar-refractivity contribution in [1.82, 2.24) is 35.2 Å². The molecule has 3 heterocycles. The Hall–Kier alpha value is -3.73. The van der Waals surface area contributed by atoms with Crippen LogP contribution < -0.4 is 20.3 Å². The number of halogens is 1. The molecular formula is C18H17ClN8O3. The number of aromatic amines is 1. The maximum Gasteiger partial charge on any atom is 0.253 e. The number of rotatable bonds is 6. The van der Waals surface area contributed by atoms with Gasteiger partial charge in [0.25, 0.3) is 5.56 Å². The van der Waals surface area contributed by atoms with E-state index in [4.69, 9.17) is 21.1 Å². The Morgan fingerprint density at radius 1 is 1.23 bits per heavy atom. The summed E-state index contributed by atoms with van der Waals surface area (Å²) in [6, 6.07) is 4.79. The fourth-order valence-electron chi connectivity index (χ4n) is 2.98. The van der Waals surface area contributed by atoms with Crippen LogP contribution in [0.15, 0.2) is 35.5 Å². The maximum absolute atomic E-state index is 12.6. The molecule has 0 fully saturated rings. The van der Waals surface area contributed by atoms with Crippen molar-refractivity contribution in [3.8, 4) is 17.3 Å². The monoisotopic (exact) mass is 428 g/mol. The fourth-order valence-corrected chi connectivity index (χ4v) is 3.23. The highest BCUT2D eigenvalue weighted by molar-refractivity contribution is 6.32. The first-order valence-electron chi connectivity index (χ1n) is 8.81. The number of hydrogen-bond donors (Lipinski definition) is 2. The van der Waals surface area contributed by atoms with E-state index in [0.717, 1.165) is 5.39 Å². The smallest absolute Gasteiger partial charge is 0.253 e. The van der Waals surface area contributed by atoms with Crippen LogP contribution >= 0.6 is 11.6 Å². The average Bonchev–Trinajstić information content (AvgIpc) is 3.27. The zero-order valence-electron chi connectivity index (χ0n) is 16.3. The molecule has 0 bridgehead atoms. The minimum Gasteiger partial charge on any atom is -0.495 e. The van der Waals surface area contributed by atoms with Crippen molar-refractivity contribution in [2.75, 3.05) is 19.5 Å². The number of nitrogens with zero attached hydrogens (tertiary/aromatic N) is 6. The predicted molar refractivity (Wildman–Crippen MR) is 109 cm³/mol. The Morgan fingerprint density at radius 3 is 2.77 bits per heavy atom. The van der Waals surface area contributed by atoms with Gasteiger partial charge in [-0.3, -0.25) is 4.79 Å². The van der Waals surface area contributed by atoms with E-state index in [2.05, 4.69) is 35.8 Å². The Labute approximate surface area is 175 Å². The van der Waals surface area contributed by atoms with Crippen molar-refractivity contribution in [3.05, 3.63) is 51.7 Å². The third-order valence-corrected chi connectivity index (χ3v) is 4.78. The van der Waals surface area contributed by atoms with E-state index in [0.29, 0.717) is 27.5 Å². The van der Waals surface area contributed by atoms with Crippen LogP contribution in [0, 0.1) is 0 Å². The molecule has 1 atom stereocenters. The molecule has 1 aromatic carbocycles. The molecule has 0 unspecified atom stereocenters. The first-order chi connectivity index (χ1) is 14.5. The minimum absolute atomic E-state index is 0.246. The van der Waals surface area contributed by atoms with E-state index in [1.807, 2.05) is 6.92 Å². The second-order valence-corrected chi connectivity index (χ2v) is 6.74. The lowest BCUT2D eigenvalue weighted by Crippen LogP contribution is -2.20. The molecule has 0 amide bonds. The van der Waals surface area contributed by atoms with Crippen LogP contribution in [0.25, 0.3) is 16.6 Å². The summed E-state index contributed by atoms with van der Waals surface area (Å²) in [4.78, 5) is 24.1. The van der Waals surface area contributed by atoms with Gasteiger partial charge in [-0.15, -0.1) is 5.10 Å². The Kier molecular flexibility index (Phi) is 5.19. The molecule has 30 heavy (non-hydrogen) atoms. The number of aromatic nitrogens is 7. The molecule has 0 saturated carbocycles. The van der Waals surface area contributed by atoms with Gasteiger partial charge in [-0.05, 0) is 29.5 Å². The summed E-state index contributed by atoms with van der Waals surface area (Å²) in [5.74, 6) is 1.05. The second kappa shape index (κ2) is 7.95. The fraction of sp³-hybridized carbons (Fsp3) is 0.222. The van der Waals surface area contributed by atoms with Crippen LogP contribution in [0.1, 0.15) is 18.5 Å². The highest BCUT2D eigenvalue weighted by atomic mass is 35.5. The van der Waals surface area contributed by atoms with Gasteiger partial charge in [0, 0.05) is 17.0 Å². The Balaban J connectivity index is 1.65. The number of nitrogens with one attached hydrogen (secondary N) is 2.